The largest absolute Gasteiger partial charge is 0.385 e. The van der Waals surface area contributed by atoms with Gasteiger partial charge in [0, 0.05) is 17.4 Å². The Hall–Kier alpha value is -1.97. The van der Waals surface area contributed by atoms with Gasteiger partial charge < -0.3 is 10.5 Å². The highest BCUT2D eigenvalue weighted by molar-refractivity contribution is 7.14. The van der Waals surface area contributed by atoms with Crippen LogP contribution in [0.5, 0.6) is 0 Å². The fraction of sp³-hybridized carbons (Fsp3) is 0.353. The Morgan fingerprint density at radius 3 is 2.85 bits per heavy atom. The van der Waals surface area contributed by atoms with Crippen LogP contribution in [0.1, 0.15) is 28.5 Å². The van der Waals surface area contributed by atoms with Crippen molar-refractivity contribution in [2.75, 3.05) is 13.2 Å². The number of hydrogen-bond donors (Lipinski definition) is 1. The minimum absolute atomic E-state index is 0.148. The summed E-state index contributed by atoms with van der Waals surface area (Å²) in [5, 5.41) is 1.50. The third-order valence-corrected chi connectivity index (χ3v) is 5.27. The van der Waals surface area contributed by atoms with Crippen LogP contribution in [-0.4, -0.2) is 35.7 Å². The lowest BCUT2D eigenvalue weighted by atomic mass is 9.84. The average molecular weight is 418 g/mol. The molecule has 2 heterocycles. The predicted octanol–water partition coefficient (Wildman–Crippen LogP) is 3.60. The van der Waals surface area contributed by atoms with Gasteiger partial charge in [0.1, 0.15) is 30.6 Å². The molecule has 0 saturated carbocycles. The maximum Gasteiger partial charge on any atom is 0.299 e. The zero-order valence-electron chi connectivity index (χ0n) is 14.1. The zero-order chi connectivity index (χ0) is 19.8. The van der Waals surface area contributed by atoms with Gasteiger partial charge in [-0.3, -0.25) is 9.79 Å². The molecule has 0 fully saturated rings. The van der Waals surface area contributed by atoms with E-state index in [2.05, 4.69) is 9.98 Å². The number of halogens is 4. The monoisotopic (exact) mass is 417 g/mol. The maximum atomic E-state index is 14.7. The number of benzene rings is 1. The smallest absolute Gasteiger partial charge is 0.299 e. The molecule has 5 nitrogen and oxygen atoms in total. The molecule has 3 rings (SSSR count). The predicted molar refractivity (Wildman–Crippen MR) is 96.3 cm³/mol. The summed E-state index contributed by atoms with van der Waals surface area (Å²) in [5.41, 5.74) is 3.50. The number of aromatic nitrogens is 1. The third-order valence-electron chi connectivity index (χ3n) is 4.29. The van der Waals surface area contributed by atoms with Crippen molar-refractivity contribution in [3.05, 3.63) is 50.7 Å². The summed E-state index contributed by atoms with van der Waals surface area (Å²) in [6.07, 6.45) is -0.148. The van der Waals surface area contributed by atoms with Gasteiger partial charge in [-0.15, -0.1) is 11.3 Å². The second-order valence-electron chi connectivity index (χ2n) is 6.27. The molecule has 0 radical (unpaired) electrons. The fourth-order valence-corrected chi connectivity index (χ4v) is 3.56. The van der Waals surface area contributed by atoms with E-state index in [0.717, 1.165) is 24.3 Å². The molecule has 2 N–H and O–H groups in total. The van der Waals surface area contributed by atoms with Crippen LogP contribution in [0.3, 0.4) is 0 Å². The van der Waals surface area contributed by atoms with Gasteiger partial charge >= 0.3 is 0 Å². The Kier molecular flexibility index (Phi) is 5.29. The molecule has 2 aromatic rings. The van der Waals surface area contributed by atoms with E-state index in [0.29, 0.717) is 5.56 Å². The Balaban J connectivity index is 1.99. The summed E-state index contributed by atoms with van der Waals surface area (Å²) in [4.78, 5) is 20.0. The molecule has 144 valence electrons. The number of carbonyl (C=O) groups excluding carboxylic acids is 1. The second-order valence-corrected chi connectivity index (χ2v) is 7.71. The highest BCUT2D eigenvalue weighted by Gasteiger charge is 2.54. The summed E-state index contributed by atoms with van der Waals surface area (Å²) >= 11 is 6.82. The molecule has 0 aliphatic carbocycles. The van der Waals surface area contributed by atoms with Crippen molar-refractivity contribution < 1.29 is 22.7 Å². The van der Waals surface area contributed by atoms with Crippen LogP contribution in [0.2, 0.25) is 4.47 Å². The molecule has 0 spiro atoms. The number of nitrogens with two attached hydrogens (primary N) is 1. The lowest BCUT2D eigenvalue weighted by molar-refractivity contribution is -0.116. The van der Waals surface area contributed by atoms with Gasteiger partial charge in [-0.25, -0.2) is 18.2 Å². The van der Waals surface area contributed by atoms with Gasteiger partial charge in [-0.1, -0.05) is 17.7 Å². The molecule has 0 saturated heterocycles. The van der Waals surface area contributed by atoms with E-state index in [-0.39, 0.29) is 40.4 Å². The molecule has 1 aromatic heterocycles. The van der Waals surface area contributed by atoms with E-state index in [1.165, 1.54) is 17.5 Å². The standard InChI is InChI=1S/C17H15ClF3N3O2S/c1-16(17(20,21)8-26-6-14(22)24-16)10-4-9(2-3-11(10)19)5-13(25)12-7-27-15(18)23-12/h2-4,7H,5-6,8H2,1H3,(H2,22,24)/t16-/m1/s1. The van der Waals surface area contributed by atoms with E-state index in [1.807, 2.05) is 0 Å². The molecule has 0 amide bonds. The van der Waals surface area contributed by atoms with Crippen molar-refractivity contribution in [2.24, 2.45) is 10.7 Å². The van der Waals surface area contributed by atoms with Gasteiger partial charge in [0.05, 0.1) is 0 Å². The molecule has 1 aromatic carbocycles. The van der Waals surface area contributed by atoms with E-state index >= 15 is 0 Å². The number of amidine groups is 1. The first-order chi connectivity index (χ1) is 12.6. The van der Waals surface area contributed by atoms with Crippen molar-refractivity contribution in [3.8, 4) is 0 Å². The first-order valence-corrected chi connectivity index (χ1v) is 9.11. The van der Waals surface area contributed by atoms with Crippen LogP contribution in [0.4, 0.5) is 13.2 Å². The van der Waals surface area contributed by atoms with Gasteiger partial charge in [0.25, 0.3) is 5.92 Å². The number of nitrogens with zero attached hydrogens (tertiary/aromatic N) is 2. The number of aliphatic imine (C=N–C) groups is 1. The van der Waals surface area contributed by atoms with Crippen molar-refractivity contribution in [1.82, 2.24) is 4.98 Å². The summed E-state index contributed by atoms with van der Waals surface area (Å²) in [6.45, 7) is -0.123. The third kappa shape index (κ3) is 3.85. The van der Waals surface area contributed by atoms with Crippen molar-refractivity contribution in [3.63, 3.8) is 0 Å². The SMILES string of the molecule is C[C@]1(c2cc(CC(=O)c3csc(Cl)n3)ccc2F)N=C(N)COCC1(F)F. The van der Waals surface area contributed by atoms with Crippen LogP contribution in [0.15, 0.2) is 28.6 Å². The second kappa shape index (κ2) is 7.21. The first kappa shape index (κ1) is 19.8. The Morgan fingerprint density at radius 1 is 1.44 bits per heavy atom. The molecule has 0 unspecified atom stereocenters. The Bertz CT molecular complexity index is 919. The minimum atomic E-state index is -3.50. The van der Waals surface area contributed by atoms with Crippen LogP contribution in [0.25, 0.3) is 0 Å². The van der Waals surface area contributed by atoms with Crippen LogP contribution in [-0.2, 0) is 16.7 Å². The highest BCUT2D eigenvalue weighted by Crippen LogP contribution is 2.43. The minimum Gasteiger partial charge on any atom is -0.385 e. The molecule has 1 aliphatic rings. The average Bonchev–Trinajstić information content (AvgIpc) is 2.98. The number of rotatable bonds is 4. The normalized spacial score (nSPS) is 22.2. The van der Waals surface area contributed by atoms with Crippen molar-refractivity contribution >= 4 is 34.6 Å². The van der Waals surface area contributed by atoms with Gasteiger partial charge in [0.15, 0.2) is 15.8 Å². The van der Waals surface area contributed by atoms with E-state index < -0.39 is 23.9 Å². The number of Topliss-reactive ketones (excluding diaryl/α,β-unsaturated/α-hetero) is 1. The maximum absolute atomic E-state index is 14.7. The fourth-order valence-electron chi connectivity index (χ4n) is 2.79. The number of alkyl halides is 2. The summed E-state index contributed by atoms with van der Waals surface area (Å²) in [5.74, 6) is -4.89. The number of ketones is 1. The lowest BCUT2D eigenvalue weighted by Gasteiger charge is -2.33. The topological polar surface area (TPSA) is 77.6 Å². The molecule has 27 heavy (non-hydrogen) atoms. The zero-order valence-corrected chi connectivity index (χ0v) is 15.7. The molecule has 0 bridgehead atoms. The summed E-state index contributed by atoms with van der Waals surface area (Å²) in [7, 11) is 0. The van der Waals surface area contributed by atoms with E-state index in [4.69, 9.17) is 22.1 Å². The number of carbonyl (C=O) groups is 1. The quantitative estimate of drug-likeness (QED) is 0.771. The van der Waals surface area contributed by atoms with E-state index in [1.54, 1.807) is 0 Å². The lowest BCUT2D eigenvalue weighted by Crippen LogP contribution is -2.45. The van der Waals surface area contributed by atoms with E-state index in [9.17, 15) is 18.0 Å². The van der Waals surface area contributed by atoms with Gasteiger partial charge in [-0.2, -0.15) is 0 Å². The molecular weight excluding hydrogens is 403 g/mol. The molecule has 10 heteroatoms. The molecular formula is C17H15ClF3N3O2S. The Morgan fingerprint density at radius 2 is 2.19 bits per heavy atom. The highest BCUT2D eigenvalue weighted by atomic mass is 35.5. The first-order valence-electron chi connectivity index (χ1n) is 7.85. The van der Waals surface area contributed by atoms with Crippen molar-refractivity contribution in [2.45, 2.75) is 24.8 Å². The molecule has 1 aliphatic heterocycles. The summed E-state index contributed by atoms with van der Waals surface area (Å²) in [6, 6.07) is 3.59. The van der Waals surface area contributed by atoms with Crippen molar-refractivity contribution in [1.29, 1.82) is 0 Å². The summed E-state index contributed by atoms with van der Waals surface area (Å²) < 4.78 is 48.9. The van der Waals surface area contributed by atoms with Gasteiger partial charge in [-0.05, 0) is 24.6 Å². The Labute approximate surface area is 162 Å². The van der Waals surface area contributed by atoms with Crippen LogP contribution >= 0.6 is 22.9 Å². The number of ether oxygens (including phenoxy) is 1. The number of hydrogen-bond acceptors (Lipinski definition) is 6. The van der Waals surface area contributed by atoms with Crippen LogP contribution < -0.4 is 5.73 Å². The van der Waals surface area contributed by atoms with Gasteiger partial charge in [0.2, 0.25) is 0 Å². The van der Waals surface area contributed by atoms with Crippen LogP contribution in [0, 0.1) is 5.82 Å². The molecule has 1 atom stereocenters. The number of thiazole rings is 1.